The summed E-state index contributed by atoms with van der Waals surface area (Å²) in [4.78, 5) is 18.7. The molecule has 0 unspecified atom stereocenters. The molecule has 3 rings (SSSR count). The summed E-state index contributed by atoms with van der Waals surface area (Å²) >= 11 is 0. The molecule has 0 bridgehead atoms. The van der Waals surface area contributed by atoms with Gasteiger partial charge in [-0.15, -0.1) is 0 Å². The first-order chi connectivity index (χ1) is 10.0. The number of carbonyl (C=O) groups is 1. The van der Waals surface area contributed by atoms with Gasteiger partial charge in [0.1, 0.15) is 0 Å². The monoisotopic (exact) mass is 290 g/mol. The van der Waals surface area contributed by atoms with Gasteiger partial charge < -0.3 is 14.7 Å². The highest BCUT2D eigenvalue weighted by Gasteiger charge is 2.51. The second-order valence-electron chi connectivity index (χ2n) is 6.44. The molecule has 0 saturated carbocycles. The van der Waals surface area contributed by atoms with E-state index in [0.29, 0.717) is 32.7 Å². The Morgan fingerprint density at radius 1 is 1.48 bits per heavy atom. The zero-order chi connectivity index (χ0) is 15.0. The van der Waals surface area contributed by atoms with Crippen molar-refractivity contribution >= 4 is 5.91 Å². The van der Waals surface area contributed by atoms with E-state index in [1.807, 2.05) is 30.9 Å². The van der Waals surface area contributed by atoms with Crippen LogP contribution in [0.1, 0.15) is 17.0 Å². The van der Waals surface area contributed by atoms with Crippen LogP contribution in [0.5, 0.6) is 0 Å². The second-order valence-corrected chi connectivity index (χ2v) is 6.44. The van der Waals surface area contributed by atoms with Crippen LogP contribution in [-0.2, 0) is 16.0 Å². The molecule has 2 saturated heterocycles. The zero-order valence-corrected chi connectivity index (χ0v) is 12.6. The summed E-state index contributed by atoms with van der Waals surface area (Å²) in [6, 6.07) is 3.93. The van der Waals surface area contributed by atoms with Crippen LogP contribution in [0.25, 0.3) is 0 Å². The van der Waals surface area contributed by atoms with Crippen LogP contribution < -0.4 is 0 Å². The van der Waals surface area contributed by atoms with E-state index < -0.39 is 0 Å². The van der Waals surface area contributed by atoms with Crippen LogP contribution in [0.3, 0.4) is 0 Å². The molecule has 2 aliphatic rings. The Labute approximate surface area is 124 Å². The number of rotatable bonds is 3. The second kappa shape index (κ2) is 5.39. The van der Waals surface area contributed by atoms with E-state index in [2.05, 4.69) is 4.98 Å². The Bertz CT molecular complexity index is 540. The topological polar surface area (TPSA) is 62.7 Å². The molecule has 0 radical (unpaired) electrons. The van der Waals surface area contributed by atoms with E-state index in [1.54, 1.807) is 0 Å². The van der Waals surface area contributed by atoms with Crippen molar-refractivity contribution < 1.29 is 14.6 Å². The summed E-state index contributed by atoms with van der Waals surface area (Å²) in [7, 11) is 0. The quantitative estimate of drug-likeness (QED) is 0.890. The number of nitrogens with zero attached hydrogens (tertiary/aromatic N) is 2. The summed E-state index contributed by atoms with van der Waals surface area (Å²) in [5.41, 5.74) is 2.66. The average Bonchev–Trinajstić information content (AvgIpc) is 2.93. The summed E-state index contributed by atoms with van der Waals surface area (Å²) in [6.45, 7) is 6.50. The lowest BCUT2D eigenvalue weighted by molar-refractivity contribution is -0.130. The lowest BCUT2D eigenvalue weighted by Gasteiger charge is -2.24. The Balaban J connectivity index is 1.69. The first kappa shape index (κ1) is 14.5. The molecule has 2 aliphatic heterocycles. The van der Waals surface area contributed by atoms with E-state index in [-0.39, 0.29) is 23.8 Å². The van der Waals surface area contributed by atoms with Crippen molar-refractivity contribution in [1.82, 2.24) is 9.88 Å². The number of ether oxygens (including phenoxy) is 1. The van der Waals surface area contributed by atoms with Crippen LogP contribution in [0.4, 0.5) is 0 Å². The van der Waals surface area contributed by atoms with Gasteiger partial charge >= 0.3 is 0 Å². The van der Waals surface area contributed by atoms with Gasteiger partial charge in [0.2, 0.25) is 5.91 Å². The molecule has 1 aromatic heterocycles. The van der Waals surface area contributed by atoms with E-state index in [1.165, 1.54) is 0 Å². The molecular weight excluding hydrogens is 268 g/mol. The van der Waals surface area contributed by atoms with Crippen LogP contribution >= 0.6 is 0 Å². The van der Waals surface area contributed by atoms with Crippen molar-refractivity contribution in [2.24, 2.45) is 11.3 Å². The maximum atomic E-state index is 12.5. The largest absolute Gasteiger partial charge is 0.396 e. The van der Waals surface area contributed by atoms with Gasteiger partial charge in [-0.2, -0.15) is 0 Å². The summed E-state index contributed by atoms with van der Waals surface area (Å²) < 4.78 is 5.48. The number of carbonyl (C=O) groups excluding carboxylic acids is 1. The van der Waals surface area contributed by atoms with Gasteiger partial charge in [0.25, 0.3) is 0 Å². The molecule has 5 nitrogen and oxygen atoms in total. The van der Waals surface area contributed by atoms with Crippen molar-refractivity contribution in [3.63, 3.8) is 0 Å². The van der Waals surface area contributed by atoms with E-state index in [9.17, 15) is 9.90 Å². The molecule has 21 heavy (non-hydrogen) atoms. The predicted octanol–water partition coefficient (Wildman–Crippen LogP) is 0.708. The lowest BCUT2D eigenvalue weighted by atomic mass is 9.82. The predicted molar refractivity (Wildman–Crippen MR) is 77.8 cm³/mol. The minimum atomic E-state index is -0.236. The molecule has 3 heterocycles. The van der Waals surface area contributed by atoms with Crippen molar-refractivity contribution in [2.75, 3.05) is 32.9 Å². The van der Waals surface area contributed by atoms with Crippen LogP contribution in [-0.4, -0.2) is 53.8 Å². The number of hydrogen-bond acceptors (Lipinski definition) is 4. The van der Waals surface area contributed by atoms with E-state index in [0.717, 1.165) is 17.0 Å². The number of hydrogen-bond donors (Lipinski definition) is 1. The van der Waals surface area contributed by atoms with Gasteiger partial charge in [-0.1, -0.05) is 0 Å². The summed E-state index contributed by atoms with van der Waals surface area (Å²) in [5, 5.41) is 9.66. The fraction of sp³-hybridized carbons (Fsp3) is 0.625. The normalized spacial score (nSPS) is 28.0. The van der Waals surface area contributed by atoms with Crippen LogP contribution in [0.2, 0.25) is 0 Å². The maximum absolute atomic E-state index is 12.5. The molecule has 1 amide bonds. The van der Waals surface area contributed by atoms with Crippen LogP contribution in [0.15, 0.2) is 12.1 Å². The first-order valence-electron chi connectivity index (χ1n) is 7.43. The molecule has 0 spiro atoms. The summed E-state index contributed by atoms with van der Waals surface area (Å²) in [6.07, 6.45) is 0.402. The number of likely N-dealkylation sites (tertiary alicyclic amines) is 1. The molecular formula is C16H22N2O3. The average molecular weight is 290 g/mol. The van der Waals surface area contributed by atoms with Crippen molar-refractivity contribution in [1.29, 1.82) is 0 Å². The molecule has 0 aliphatic carbocycles. The number of aliphatic hydroxyl groups is 1. The Kier molecular flexibility index (Phi) is 3.71. The number of pyridine rings is 1. The molecule has 2 atom stereocenters. The van der Waals surface area contributed by atoms with E-state index >= 15 is 0 Å². The van der Waals surface area contributed by atoms with Gasteiger partial charge in [-0.3, -0.25) is 9.78 Å². The van der Waals surface area contributed by atoms with Crippen molar-refractivity contribution in [2.45, 2.75) is 20.3 Å². The highest BCUT2D eigenvalue weighted by molar-refractivity contribution is 5.79. The fourth-order valence-corrected chi connectivity index (χ4v) is 3.56. The Hall–Kier alpha value is -1.46. The third-order valence-corrected chi connectivity index (χ3v) is 4.69. The van der Waals surface area contributed by atoms with Gasteiger partial charge in [0.15, 0.2) is 0 Å². The van der Waals surface area contributed by atoms with Crippen LogP contribution in [0, 0.1) is 25.2 Å². The number of aryl methyl sites for hydroxylation is 2. The molecule has 5 heteroatoms. The minimum absolute atomic E-state index is 0.0922. The Morgan fingerprint density at radius 2 is 2.19 bits per heavy atom. The lowest BCUT2D eigenvalue weighted by Crippen LogP contribution is -2.36. The van der Waals surface area contributed by atoms with Gasteiger partial charge in [-0.25, -0.2) is 0 Å². The highest BCUT2D eigenvalue weighted by Crippen LogP contribution is 2.40. The SMILES string of the molecule is Cc1cc(CC(=O)N2C[C@H]3COC[C@@]3(CO)C2)cc(C)n1. The van der Waals surface area contributed by atoms with Gasteiger partial charge in [0, 0.05) is 35.8 Å². The van der Waals surface area contributed by atoms with E-state index in [4.69, 9.17) is 4.74 Å². The summed E-state index contributed by atoms with van der Waals surface area (Å²) in [5.74, 6) is 0.398. The first-order valence-corrected chi connectivity index (χ1v) is 7.43. The van der Waals surface area contributed by atoms with Gasteiger partial charge in [-0.05, 0) is 31.5 Å². The molecule has 1 aromatic rings. The van der Waals surface area contributed by atoms with Crippen molar-refractivity contribution in [3.05, 3.63) is 29.1 Å². The fourth-order valence-electron chi connectivity index (χ4n) is 3.56. The standard InChI is InChI=1S/C16H22N2O3/c1-11-3-13(4-12(2)17-11)5-15(20)18-6-14-7-21-10-16(14,8-18)9-19/h3-4,14,19H,5-10H2,1-2H3/t14-,16-/m0/s1. The molecule has 2 fully saturated rings. The molecule has 114 valence electrons. The third kappa shape index (κ3) is 2.68. The number of aliphatic hydroxyl groups excluding tert-OH is 1. The number of aromatic nitrogens is 1. The molecule has 1 N–H and O–H groups in total. The molecule has 0 aromatic carbocycles. The highest BCUT2D eigenvalue weighted by atomic mass is 16.5. The minimum Gasteiger partial charge on any atom is -0.396 e. The smallest absolute Gasteiger partial charge is 0.227 e. The third-order valence-electron chi connectivity index (χ3n) is 4.69. The number of fused-ring (bicyclic) bond motifs is 1. The zero-order valence-electron chi connectivity index (χ0n) is 12.6. The van der Waals surface area contributed by atoms with Crippen molar-refractivity contribution in [3.8, 4) is 0 Å². The maximum Gasteiger partial charge on any atom is 0.227 e. The number of amides is 1. The Morgan fingerprint density at radius 3 is 2.81 bits per heavy atom. The van der Waals surface area contributed by atoms with Gasteiger partial charge in [0.05, 0.1) is 26.2 Å².